The molecule has 0 spiro atoms. The Labute approximate surface area is 201 Å². The van der Waals surface area contributed by atoms with Crippen molar-refractivity contribution in [2.75, 3.05) is 36.5 Å². The lowest BCUT2D eigenvalue weighted by Crippen LogP contribution is -2.36. The molecule has 5 rings (SSSR count). The van der Waals surface area contributed by atoms with Crippen molar-refractivity contribution in [3.63, 3.8) is 0 Å². The molecule has 0 unspecified atom stereocenters. The van der Waals surface area contributed by atoms with Gasteiger partial charge in [0.05, 0.1) is 28.9 Å². The normalized spacial score (nSPS) is 14.9. The Morgan fingerprint density at radius 3 is 2.61 bits per heavy atom. The van der Waals surface area contributed by atoms with Crippen molar-refractivity contribution in [3.8, 4) is 10.7 Å². The number of aromatic nitrogens is 2. The van der Waals surface area contributed by atoms with Gasteiger partial charge in [-0.2, -0.15) is 0 Å². The van der Waals surface area contributed by atoms with Crippen molar-refractivity contribution in [2.24, 2.45) is 0 Å². The van der Waals surface area contributed by atoms with E-state index >= 15 is 0 Å². The van der Waals surface area contributed by atoms with Gasteiger partial charge in [0.1, 0.15) is 5.03 Å². The van der Waals surface area contributed by atoms with Crippen LogP contribution < -0.4 is 10.2 Å². The summed E-state index contributed by atoms with van der Waals surface area (Å²) in [7, 11) is 0. The van der Waals surface area contributed by atoms with Crippen molar-refractivity contribution in [2.45, 2.75) is 17.2 Å². The Bertz CT molecular complexity index is 1240. The molecular weight excluding hydrogens is 452 g/mol. The average Bonchev–Trinajstić information content (AvgIpc) is 3.40. The number of amides is 1. The number of nitrogens with one attached hydrogen (secondary N) is 1. The van der Waals surface area contributed by atoms with Crippen LogP contribution in [-0.2, 0) is 9.53 Å². The molecule has 0 bridgehead atoms. The van der Waals surface area contributed by atoms with Crippen LogP contribution in [0.4, 0.5) is 11.4 Å². The molecule has 4 aromatic rings. The highest BCUT2D eigenvalue weighted by Gasteiger charge is 2.19. The molecule has 1 saturated heterocycles. The molecule has 1 aliphatic heterocycles. The number of anilines is 2. The standard InChI is InChI=1S/C25H24N4O2S2/c1-17(24(30)26-18-8-10-19(11-9-18)29-12-14-31-15-13-29)33-25-20-5-2-3-6-21(20)27-23(28-25)22-7-4-16-32-22/h2-11,16-17H,12-15H2,1H3,(H,26,30)/t17-/m0/s1. The third-order valence-electron chi connectivity index (χ3n) is 5.48. The van der Waals surface area contributed by atoms with E-state index < -0.39 is 0 Å². The average molecular weight is 477 g/mol. The smallest absolute Gasteiger partial charge is 0.237 e. The number of rotatable bonds is 6. The molecule has 0 aliphatic carbocycles. The number of hydrogen-bond donors (Lipinski definition) is 1. The Hall–Kier alpha value is -2.94. The molecule has 1 aliphatic rings. The molecule has 3 heterocycles. The Kier molecular flexibility index (Phi) is 6.57. The number of carbonyl (C=O) groups is 1. The summed E-state index contributed by atoms with van der Waals surface area (Å²) in [6.07, 6.45) is 0. The Morgan fingerprint density at radius 2 is 1.85 bits per heavy atom. The maximum Gasteiger partial charge on any atom is 0.237 e. The van der Waals surface area contributed by atoms with Gasteiger partial charge in [0, 0.05) is 29.9 Å². The highest BCUT2D eigenvalue weighted by molar-refractivity contribution is 8.00. The molecule has 168 valence electrons. The molecule has 2 aromatic heterocycles. The Morgan fingerprint density at radius 1 is 1.06 bits per heavy atom. The predicted octanol–water partition coefficient (Wildman–Crippen LogP) is 5.31. The minimum Gasteiger partial charge on any atom is -0.378 e. The van der Waals surface area contributed by atoms with Gasteiger partial charge in [-0.15, -0.1) is 11.3 Å². The zero-order valence-electron chi connectivity index (χ0n) is 18.2. The number of nitrogens with zero attached hydrogens (tertiary/aromatic N) is 3. The van der Waals surface area contributed by atoms with Crippen LogP contribution in [0.2, 0.25) is 0 Å². The van der Waals surface area contributed by atoms with Gasteiger partial charge in [-0.1, -0.05) is 36.0 Å². The lowest BCUT2D eigenvalue weighted by atomic mass is 10.2. The molecule has 0 saturated carbocycles. The molecule has 1 fully saturated rings. The van der Waals surface area contributed by atoms with E-state index in [0.717, 1.165) is 58.5 Å². The summed E-state index contributed by atoms with van der Waals surface area (Å²) in [5.74, 6) is 0.636. The minimum atomic E-state index is -0.321. The van der Waals surface area contributed by atoms with Gasteiger partial charge in [0.25, 0.3) is 0 Å². The maximum atomic E-state index is 13.0. The zero-order valence-corrected chi connectivity index (χ0v) is 19.9. The van der Waals surface area contributed by atoms with Crippen LogP contribution in [0.3, 0.4) is 0 Å². The second-order valence-electron chi connectivity index (χ2n) is 7.74. The fourth-order valence-electron chi connectivity index (χ4n) is 3.70. The first kappa shape index (κ1) is 21.9. The lowest BCUT2D eigenvalue weighted by molar-refractivity contribution is -0.115. The summed E-state index contributed by atoms with van der Waals surface area (Å²) in [5.41, 5.74) is 2.81. The summed E-state index contributed by atoms with van der Waals surface area (Å²) < 4.78 is 5.42. The first-order chi connectivity index (χ1) is 16.2. The number of hydrogen-bond acceptors (Lipinski definition) is 7. The van der Waals surface area contributed by atoms with Gasteiger partial charge in [-0.3, -0.25) is 4.79 Å². The Balaban J connectivity index is 1.31. The first-order valence-electron chi connectivity index (χ1n) is 10.9. The highest BCUT2D eigenvalue weighted by Crippen LogP contribution is 2.32. The van der Waals surface area contributed by atoms with Gasteiger partial charge < -0.3 is 15.0 Å². The van der Waals surface area contributed by atoms with E-state index in [9.17, 15) is 4.79 Å². The van der Waals surface area contributed by atoms with Gasteiger partial charge in [0.2, 0.25) is 5.91 Å². The number of fused-ring (bicyclic) bond motifs is 1. The third kappa shape index (κ3) is 5.03. The number of thiophene rings is 1. The summed E-state index contributed by atoms with van der Waals surface area (Å²) in [6, 6.07) is 19.9. The van der Waals surface area contributed by atoms with E-state index in [4.69, 9.17) is 14.7 Å². The summed E-state index contributed by atoms with van der Waals surface area (Å²) in [5, 5.41) is 6.50. The van der Waals surface area contributed by atoms with Crippen LogP contribution in [0.15, 0.2) is 71.1 Å². The van der Waals surface area contributed by atoms with Crippen LogP contribution in [-0.4, -0.2) is 47.4 Å². The number of para-hydroxylation sites is 1. The number of ether oxygens (including phenoxy) is 1. The molecule has 0 radical (unpaired) electrons. The molecule has 6 nitrogen and oxygen atoms in total. The largest absolute Gasteiger partial charge is 0.378 e. The second-order valence-corrected chi connectivity index (χ2v) is 10.0. The van der Waals surface area contributed by atoms with E-state index in [1.165, 1.54) is 11.8 Å². The van der Waals surface area contributed by atoms with Crippen molar-refractivity contribution in [1.82, 2.24) is 9.97 Å². The maximum absolute atomic E-state index is 13.0. The lowest BCUT2D eigenvalue weighted by Gasteiger charge is -2.28. The van der Waals surface area contributed by atoms with Gasteiger partial charge in [0.15, 0.2) is 5.82 Å². The predicted molar refractivity (Wildman–Crippen MR) is 136 cm³/mol. The number of thioether (sulfide) groups is 1. The number of carbonyl (C=O) groups excluding carboxylic acids is 1. The van der Waals surface area contributed by atoms with Crippen molar-refractivity contribution in [3.05, 3.63) is 66.0 Å². The SMILES string of the molecule is C[C@H](Sc1nc(-c2cccs2)nc2ccccc12)C(=O)Nc1ccc(N2CCOCC2)cc1. The molecule has 1 atom stereocenters. The van der Waals surface area contributed by atoms with Crippen LogP contribution in [0, 0.1) is 0 Å². The summed E-state index contributed by atoms with van der Waals surface area (Å²) in [6.45, 7) is 5.18. The molecule has 1 N–H and O–H groups in total. The van der Waals surface area contributed by atoms with Crippen LogP contribution in [0.5, 0.6) is 0 Å². The summed E-state index contributed by atoms with van der Waals surface area (Å²) in [4.78, 5) is 25.8. The minimum absolute atomic E-state index is 0.0560. The van der Waals surface area contributed by atoms with Crippen molar-refractivity contribution in [1.29, 1.82) is 0 Å². The molecular formula is C25H24N4O2S2. The van der Waals surface area contributed by atoms with E-state index in [1.807, 2.05) is 73.0 Å². The summed E-state index contributed by atoms with van der Waals surface area (Å²) >= 11 is 3.06. The van der Waals surface area contributed by atoms with Gasteiger partial charge >= 0.3 is 0 Å². The van der Waals surface area contributed by atoms with Gasteiger partial charge in [-0.25, -0.2) is 9.97 Å². The van der Waals surface area contributed by atoms with E-state index in [0.29, 0.717) is 5.82 Å². The quantitative estimate of drug-likeness (QED) is 0.300. The fraction of sp³-hybridized carbons (Fsp3) is 0.240. The fourth-order valence-corrected chi connectivity index (χ4v) is 5.29. The van der Waals surface area contributed by atoms with Crippen molar-refractivity contribution < 1.29 is 9.53 Å². The van der Waals surface area contributed by atoms with Gasteiger partial charge in [-0.05, 0) is 48.7 Å². The topological polar surface area (TPSA) is 67.4 Å². The number of morpholine rings is 1. The third-order valence-corrected chi connectivity index (χ3v) is 7.45. The molecule has 33 heavy (non-hydrogen) atoms. The molecule has 1 amide bonds. The monoisotopic (exact) mass is 476 g/mol. The van der Waals surface area contributed by atoms with Crippen LogP contribution >= 0.6 is 23.1 Å². The van der Waals surface area contributed by atoms with Crippen LogP contribution in [0.25, 0.3) is 21.6 Å². The van der Waals surface area contributed by atoms with Crippen LogP contribution in [0.1, 0.15) is 6.92 Å². The zero-order chi connectivity index (χ0) is 22.6. The number of benzene rings is 2. The molecule has 2 aromatic carbocycles. The van der Waals surface area contributed by atoms with Crippen molar-refractivity contribution >= 4 is 51.3 Å². The van der Waals surface area contributed by atoms with E-state index in [2.05, 4.69) is 10.2 Å². The second kappa shape index (κ2) is 9.91. The van der Waals surface area contributed by atoms with E-state index in [-0.39, 0.29) is 11.2 Å². The van der Waals surface area contributed by atoms with E-state index in [1.54, 1.807) is 11.3 Å². The highest BCUT2D eigenvalue weighted by atomic mass is 32.2. The molecule has 8 heteroatoms. The first-order valence-corrected chi connectivity index (χ1v) is 12.6.